The summed E-state index contributed by atoms with van der Waals surface area (Å²) in [5, 5.41) is 1.09. The second-order valence-corrected chi connectivity index (χ2v) is 9.74. The first-order valence-electron chi connectivity index (χ1n) is 12.0. The molecule has 180 valence electrons. The van der Waals surface area contributed by atoms with Gasteiger partial charge in [0.25, 0.3) is 0 Å². The molecule has 0 saturated carbocycles. The van der Waals surface area contributed by atoms with Gasteiger partial charge in [0.1, 0.15) is 17.9 Å². The van der Waals surface area contributed by atoms with E-state index in [1.807, 2.05) is 18.2 Å². The number of piperazine rings is 1. The summed E-state index contributed by atoms with van der Waals surface area (Å²) in [6.07, 6.45) is 3.88. The van der Waals surface area contributed by atoms with Gasteiger partial charge in [-0.1, -0.05) is 46.3 Å². The highest BCUT2D eigenvalue weighted by molar-refractivity contribution is 9.10. The number of rotatable bonds is 5. The van der Waals surface area contributed by atoms with Crippen molar-refractivity contribution in [3.05, 3.63) is 95.9 Å². The first-order chi connectivity index (χ1) is 17.7. The van der Waals surface area contributed by atoms with Crippen molar-refractivity contribution in [3.8, 4) is 22.6 Å². The van der Waals surface area contributed by atoms with Crippen LogP contribution < -0.4 is 14.5 Å². The van der Waals surface area contributed by atoms with Gasteiger partial charge in [-0.05, 0) is 54.1 Å². The van der Waals surface area contributed by atoms with Crippen LogP contribution in [0.25, 0.3) is 27.8 Å². The number of hydrogen-bond acceptors (Lipinski definition) is 5. The first kappa shape index (κ1) is 22.6. The topological polar surface area (TPSA) is 46.4 Å². The molecule has 3 heterocycles. The van der Waals surface area contributed by atoms with E-state index in [1.54, 1.807) is 13.4 Å². The summed E-state index contributed by atoms with van der Waals surface area (Å²) >= 11 is 3.55. The monoisotopic (exact) mass is 539 g/mol. The summed E-state index contributed by atoms with van der Waals surface area (Å²) in [6.45, 7) is 3.61. The molecule has 36 heavy (non-hydrogen) atoms. The fraction of sp³-hybridized carbons (Fsp3) is 0.172. The average molecular weight is 540 g/mol. The molecule has 0 spiro atoms. The summed E-state index contributed by atoms with van der Waals surface area (Å²) in [7, 11) is 1.70. The molecule has 6 nitrogen and oxygen atoms in total. The average Bonchev–Trinajstić information content (AvgIpc) is 3.34. The van der Waals surface area contributed by atoms with Crippen LogP contribution in [0.5, 0.6) is 5.75 Å². The van der Waals surface area contributed by atoms with Gasteiger partial charge in [0.05, 0.1) is 12.5 Å². The SMILES string of the molecule is COc1ccc(N2CCN(c3ncnc4c3c(-c3ccccc3)cn4-c3ccc(Br)cc3)CC2)cc1. The van der Waals surface area contributed by atoms with Gasteiger partial charge in [0.2, 0.25) is 0 Å². The Morgan fingerprint density at radius 1 is 0.750 bits per heavy atom. The van der Waals surface area contributed by atoms with Crippen LogP contribution in [0.1, 0.15) is 0 Å². The van der Waals surface area contributed by atoms with E-state index in [-0.39, 0.29) is 0 Å². The number of hydrogen-bond donors (Lipinski definition) is 0. The molecule has 0 radical (unpaired) electrons. The Balaban J connectivity index is 1.38. The quantitative estimate of drug-likeness (QED) is 0.266. The zero-order valence-corrected chi connectivity index (χ0v) is 21.6. The molecule has 0 N–H and O–H groups in total. The van der Waals surface area contributed by atoms with Crippen molar-refractivity contribution in [1.29, 1.82) is 0 Å². The molecule has 6 rings (SSSR count). The van der Waals surface area contributed by atoms with Crippen molar-refractivity contribution in [2.45, 2.75) is 0 Å². The van der Waals surface area contributed by atoms with Crippen LogP contribution in [0, 0.1) is 0 Å². The number of fused-ring (bicyclic) bond motifs is 1. The lowest BCUT2D eigenvalue weighted by Crippen LogP contribution is -2.46. The first-order valence-corrected chi connectivity index (χ1v) is 12.8. The van der Waals surface area contributed by atoms with E-state index in [2.05, 4.69) is 97.2 Å². The number of benzene rings is 3. The molecule has 7 heteroatoms. The predicted octanol–water partition coefficient (Wildman–Crippen LogP) is 6.19. The van der Waals surface area contributed by atoms with Gasteiger partial charge < -0.3 is 19.1 Å². The van der Waals surface area contributed by atoms with Crippen LogP contribution >= 0.6 is 15.9 Å². The van der Waals surface area contributed by atoms with Gasteiger partial charge in [0.15, 0.2) is 5.65 Å². The molecule has 1 fully saturated rings. The van der Waals surface area contributed by atoms with Crippen molar-refractivity contribution in [1.82, 2.24) is 14.5 Å². The van der Waals surface area contributed by atoms with Crippen LogP contribution in [-0.2, 0) is 0 Å². The third kappa shape index (κ3) is 4.20. The van der Waals surface area contributed by atoms with E-state index < -0.39 is 0 Å². The van der Waals surface area contributed by atoms with Gasteiger partial charge in [0, 0.05) is 53.8 Å². The van der Waals surface area contributed by atoms with Gasteiger partial charge in [-0.3, -0.25) is 0 Å². The Hall–Kier alpha value is -3.84. The zero-order valence-electron chi connectivity index (χ0n) is 20.0. The zero-order chi connectivity index (χ0) is 24.5. The minimum Gasteiger partial charge on any atom is -0.497 e. The van der Waals surface area contributed by atoms with Crippen LogP contribution in [0.4, 0.5) is 11.5 Å². The summed E-state index contributed by atoms with van der Waals surface area (Å²) < 4.78 is 8.54. The number of nitrogens with zero attached hydrogens (tertiary/aromatic N) is 5. The van der Waals surface area contributed by atoms with Crippen LogP contribution in [-0.4, -0.2) is 47.8 Å². The Morgan fingerprint density at radius 2 is 1.42 bits per heavy atom. The third-order valence-electron chi connectivity index (χ3n) is 6.77. The largest absolute Gasteiger partial charge is 0.497 e. The minimum absolute atomic E-state index is 0.879. The van der Waals surface area contributed by atoms with E-state index >= 15 is 0 Å². The smallest absolute Gasteiger partial charge is 0.150 e. The molecular formula is C29H26BrN5O. The molecule has 5 aromatic rings. The molecule has 1 saturated heterocycles. The molecule has 0 unspecified atom stereocenters. The highest BCUT2D eigenvalue weighted by Gasteiger charge is 2.24. The van der Waals surface area contributed by atoms with Crippen molar-refractivity contribution < 1.29 is 4.74 Å². The van der Waals surface area contributed by atoms with Crippen LogP contribution in [0.15, 0.2) is 95.9 Å². The maximum atomic E-state index is 5.31. The van der Waals surface area contributed by atoms with E-state index in [9.17, 15) is 0 Å². The second-order valence-electron chi connectivity index (χ2n) is 8.82. The molecule has 0 bridgehead atoms. The van der Waals surface area contributed by atoms with E-state index in [4.69, 9.17) is 14.7 Å². The molecule has 0 aliphatic carbocycles. The van der Waals surface area contributed by atoms with E-state index in [1.165, 1.54) is 5.69 Å². The highest BCUT2D eigenvalue weighted by atomic mass is 79.9. The molecule has 0 amide bonds. The van der Waals surface area contributed by atoms with Gasteiger partial charge in [-0.15, -0.1) is 0 Å². The maximum Gasteiger partial charge on any atom is 0.150 e. The number of methoxy groups -OCH3 is 1. The Labute approximate surface area is 218 Å². The van der Waals surface area contributed by atoms with Gasteiger partial charge >= 0.3 is 0 Å². The Morgan fingerprint density at radius 3 is 2.11 bits per heavy atom. The third-order valence-corrected chi connectivity index (χ3v) is 7.30. The molecule has 2 aromatic heterocycles. The lowest BCUT2D eigenvalue weighted by Gasteiger charge is -2.37. The van der Waals surface area contributed by atoms with Crippen molar-refractivity contribution in [3.63, 3.8) is 0 Å². The Kier molecular flexibility index (Phi) is 6.07. The highest BCUT2D eigenvalue weighted by Crippen LogP contribution is 2.37. The van der Waals surface area contributed by atoms with Gasteiger partial charge in [-0.25, -0.2) is 9.97 Å². The summed E-state index contributed by atoms with van der Waals surface area (Å²) in [4.78, 5) is 14.4. The molecule has 1 aliphatic heterocycles. The normalized spacial score (nSPS) is 13.8. The molecular weight excluding hydrogens is 514 g/mol. The van der Waals surface area contributed by atoms with Crippen LogP contribution in [0.3, 0.4) is 0 Å². The maximum absolute atomic E-state index is 5.31. The summed E-state index contributed by atoms with van der Waals surface area (Å²) in [5.74, 6) is 1.87. The lowest BCUT2D eigenvalue weighted by atomic mass is 10.1. The molecule has 0 atom stereocenters. The number of aromatic nitrogens is 3. The van der Waals surface area contributed by atoms with E-state index in [0.29, 0.717) is 0 Å². The summed E-state index contributed by atoms with van der Waals surface area (Å²) in [6, 6.07) is 27.1. The molecule has 3 aromatic carbocycles. The standard InChI is InChI=1S/C29H26BrN5O/c1-36-25-13-11-23(12-14-25)33-15-17-34(18-16-33)28-27-26(21-5-3-2-4-6-21)19-35(29(27)32-20-31-28)24-9-7-22(30)8-10-24/h2-14,19-20H,15-18H2,1H3. The lowest BCUT2D eigenvalue weighted by molar-refractivity contribution is 0.415. The summed E-state index contributed by atoms with van der Waals surface area (Å²) in [5.41, 5.74) is 5.50. The van der Waals surface area contributed by atoms with Crippen LogP contribution in [0.2, 0.25) is 0 Å². The van der Waals surface area contributed by atoms with Crippen molar-refractivity contribution >= 4 is 38.5 Å². The molecule has 1 aliphatic rings. The minimum atomic E-state index is 0.879. The van der Waals surface area contributed by atoms with E-state index in [0.717, 1.165) is 70.1 Å². The Bertz CT molecular complexity index is 1470. The number of anilines is 2. The predicted molar refractivity (Wildman–Crippen MR) is 149 cm³/mol. The van der Waals surface area contributed by atoms with Crippen molar-refractivity contribution in [2.75, 3.05) is 43.1 Å². The fourth-order valence-electron chi connectivity index (χ4n) is 4.89. The van der Waals surface area contributed by atoms with Gasteiger partial charge in [-0.2, -0.15) is 0 Å². The number of halogens is 1. The number of ether oxygens (including phenoxy) is 1. The van der Waals surface area contributed by atoms with Crippen molar-refractivity contribution in [2.24, 2.45) is 0 Å². The fourth-order valence-corrected chi connectivity index (χ4v) is 5.15. The second kappa shape index (κ2) is 9.66.